The number of aromatic nitrogens is 3. The molecule has 2 aliphatic heterocycles. The van der Waals surface area contributed by atoms with E-state index in [2.05, 4.69) is 16.2 Å². The molecular weight excluding hydrogens is 456 g/mol. The van der Waals surface area contributed by atoms with Crippen molar-refractivity contribution in [1.82, 2.24) is 19.7 Å². The number of carbonyl (C=O) groups is 1. The molecular formula is C24H23ClN6O3. The molecule has 0 aliphatic carbocycles. The van der Waals surface area contributed by atoms with Gasteiger partial charge in [-0.2, -0.15) is 10.4 Å². The Bertz CT molecular complexity index is 1250. The number of anilines is 1. The number of amides is 1. The van der Waals surface area contributed by atoms with E-state index < -0.39 is 5.60 Å². The quantitative estimate of drug-likeness (QED) is 0.613. The number of β-amino-alcohol motifs (C(OH)–C–C–N with tert-alkyl or cyclic N) is 1. The molecule has 0 bridgehead atoms. The Morgan fingerprint density at radius 3 is 2.71 bits per heavy atom. The molecule has 2 aliphatic rings. The Hall–Kier alpha value is -3.45. The normalized spacial score (nSPS) is 20.4. The van der Waals surface area contributed by atoms with Gasteiger partial charge in [0.2, 0.25) is 0 Å². The van der Waals surface area contributed by atoms with Gasteiger partial charge in [0.25, 0.3) is 5.91 Å². The highest BCUT2D eigenvalue weighted by atomic mass is 35.5. The first-order chi connectivity index (χ1) is 16.5. The van der Waals surface area contributed by atoms with E-state index >= 15 is 0 Å². The van der Waals surface area contributed by atoms with Crippen LogP contribution < -0.4 is 4.90 Å². The number of rotatable bonds is 4. The van der Waals surface area contributed by atoms with E-state index in [0.717, 1.165) is 5.69 Å². The highest BCUT2D eigenvalue weighted by molar-refractivity contribution is 6.32. The van der Waals surface area contributed by atoms with Gasteiger partial charge in [0.05, 0.1) is 42.1 Å². The second kappa shape index (κ2) is 9.06. The predicted octanol–water partition coefficient (Wildman–Crippen LogP) is 2.36. The first-order valence-electron chi connectivity index (χ1n) is 11.0. The fourth-order valence-corrected chi connectivity index (χ4v) is 4.56. The molecule has 0 spiro atoms. The number of hydrogen-bond donors (Lipinski definition) is 1. The molecule has 0 radical (unpaired) electrons. The van der Waals surface area contributed by atoms with Gasteiger partial charge >= 0.3 is 0 Å². The molecule has 4 heterocycles. The zero-order valence-electron chi connectivity index (χ0n) is 18.4. The molecule has 9 nitrogen and oxygen atoms in total. The maximum absolute atomic E-state index is 12.7. The van der Waals surface area contributed by atoms with Crippen molar-refractivity contribution >= 4 is 23.2 Å². The fourth-order valence-electron chi connectivity index (χ4n) is 4.35. The summed E-state index contributed by atoms with van der Waals surface area (Å²) in [6.45, 7) is 3.26. The number of nitriles is 1. The van der Waals surface area contributed by atoms with Crippen molar-refractivity contribution in [2.45, 2.75) is 12.0 Å². The summed E-state index contributed by atoms with van der Waals surface area (Å²) in [7, 11) is 0. The van der Waals surface area contributed by atoms with Gasteiger partial charge in [-0.15, -0.1) is 0 Å². The minimum absolute atomic E-state index is 0.0746. The highest BCUT2D eigenvalue weighted by Gasteiger charge is 2.38. The lowest BCUT2D eigenvalue weighted by Gasteiger charge is -2.26. The molecule has 2 fully saturated rings. The maximum atomic E-state index is 12.7. The van der Waals surface area contributed by atoms with Crippen LogP contribution in [0.2, 0.25) is 5.02 Å². The number of nitrogens with zero attached hydrogens (tertiary/aromatic N) is 6. The standard InChI is InChI=1S/C24H23ClN6O3/c25-21-11-20(3-1-17(21)12-26)30-6-5-24(33,16-30)19-2-4-22(27-14-19)31-15-18(13-28-31)23(32)29-7-9-34-10-8-29/h1-4,11,13-15,33H,5-10,16H2/t24-/m0/s1. The van der Waals surface area contributed by atoms with Crippen LogP contribution in [0.3, 0.4) is 0 Å². The van der Waals surface area contributed by atoms with E-state index in [4.69, 9.17) is 21.6 Å². The van der Waals surface area contributed by atoms with Crippen LogP contribution in [0.1, 0.15) is 27.9 Å². The van der Waals surface area contributed by atoms with Crippen LogP contribution in [0.25, 0.3) is 5.82 Å². The maximum Gasteiger partial charge on any atom is 0.257 e. The smallest absolute Gasteiger partial charge is 0.257 e. The molecule has 1 atom stereocenters. The molecule has 0 unspecified atom stereocenters. The first kappa shape index (κ1) is 22.3. The number of benzene rings is 1. The van der Waals surface area contributed by atoms with Crippen LogP contribution >= 0.6 is 11.6 Å². The highest BCUT2D eigenvalue weighted by Crippen LogP contribution is 2.35. The third-order valence-electron chi connectivity index (χ3n) is 6.33. The minimum atomic E-state index is -1.06. The van der Waals surface area contributed by atoms with Gasteiger partial charge in [-0.05, 0) is 30.7 Å². The van der Waals surface area contributed by atoms with E-state index in [1.165, 1.54) is 0 Å². The third-order valence-corrected chi connectivity index (χ3v) is 6.65. The number of pyridine rings is 1. The molecule has 1 N–H and O–H groups in total. The molecule has 1 aromatic carbocycles. The van der Waals surface area contributed by atoms with E-state index in [1.807, 2.05) is 17.0 Å². The SMILES string of the molecule is N#Cc1ccc(N2CC[C@@](O)(c3ccc(-n4cc(C(=O)N5CCOCC5)cn4)nc3)C2)cc1Cl. The van der Waals surface area contributed by atoms with Crippen LogP contribution in [0.4, 0.5) is 5.69 Å². The third kappa shape index (κ3) is 4.23. The number of morpholine rings is 1. The summed E-state index contributed by atoms with van der Waals surface area (Å²) in [4.78, 5) is 20.9. The lowest BCUT2D eigenvalue weighted by molar-refractivity contribution is 0.0303. The van der Waals surface area contributed by atoms with E-state index in [9.17, 15) is 9.90 Å². The monoisotopic (exact) mass is 478 g/mol. The summed E-state index contributed by atoms with van der Waals surface area (Å²) in [6.07, 6.45) is 5.39. The van der Waals surface area contributed by atoms with Crippen LogP contribution in [-0.4, -0.2) is 70.1 Å². The molecule has 34 heavy (non-hydrogen) atoms. The van der Waals surface area contributed by atoms with E-state index in [0.29, 0.717) is 73.3 Å². The van der Waals surface area contributed by atoms with Crippen LogP contribution in [0.15, 0.2) is 48.9 Å². The summed E-state index contributed by atoms with van der Waals surface area (Å²) in [5, 5.41) is 25.1. The lowest BCUT2D eigenvalue weighted by atomic mass is 9.94. The average Bonchev–Trinajstić information content (AvgIpc) is 3.52. The molecule has 3 aromatic rings. The number of aliphatic hydroxyl groups is 1. The number of carbonyl (C=O) groups excluding carboxylic acids is 1. The molecule has 1 amide bonds. The van der Waals surface area contributed by atoms with Gasteiger partial charge in [-0.25, -0.2) is 9.67 Å². The second-order valence-electron chi connectivity index (χ2n) is 8.46. The Balaban J connectivity index is 1.29. The summed E-state index contributed by atoms with van der Waals surface area (Å²) in [6, 6.07) is 11.0. The largest absolute Gasteiger partial charge is 0.383 e. The van der Waals surface area contributed by atoms with E-state index in [-0.39, 0.29) is 5.91 Å². The topological polar surface area (TPSA) is 108 Å². The Morgan fingerprint density at radius 2 is 2.00 bits per heavy atom. The van der Waals surface area contributed by atoms with Gasteiger partial charge < -0.3 is 19.6 Å². The molecule has 2 saturated heterocycles. The van der Waals surface area contributed by atoms with Crippen LogP contribution in [0.5, 0.6) is 0 Å². The van der Waals surface area contributed by atoms with Gasteiger partial charge in [-0.3, -0.25) is 4.79 Å². The molecule has 5 rings (SSSR count). The van der Waals surface area contributed by atoms with Gasteiger partial charge in [0.15, 0.2) is 5.82 Å². The number of halogens is 1. The van der Waals surface area contributed by atoms with Crippen LogP contribution in [0, 0.1) is 11.3 Å². The molecule has 10 heteroatoms. The lowest BCUT2D eigenvalue weighted by Crippen LogP contribution is -2.40. The van der Waals surface area contributed by atoms with Crippen molar-refractivity contribution in [3.63, 3.8) is 0 Å². The van der Waals surface area contributed by atoms with Gasteiger partial charge in [-0.1, -0.05) is 17.7 Å². The van der Waals surface area contributed by atoms with Crippen molar-refractivity contribution < 1.29 is 14.6 Å². The number of hydrogen-bond acceptors (Lipinski definition) is 7. The van der Waals surface area contributed by atoms with Crippen molar-refractivity contribution in [3.05, 3.63) is 70.6 Å². The predicted molar refractivity (Wildman–Crippen MR) is 125 cm³/mol. The summed E-state index contributed by atoms with van der Waals surface area (Å²) >= 11 is 6.18. The van der Waals surface area contributed by atoms with Crippen molar-refractivity contribution in [2.75, 3.05) is 44.3 Å². The van der Waals surface area contributed by atoms with Crippen molar-refractivity contribution in [1.29, 1.82) is 5.26 Å². The fraction of sp³-hybridized carbons (Fsp3) is 0.333. The summed E-state index contributed by atoms with van der Waals surface area (Å²) in [5.74, 6) is 0.483. The zero-order chi connectivity index (χ0) is 23.7. The van der Waals surface area contributed by atoms with Gasteiger partial charge in [0.1, 0.15) is 11.7 Å². The second-order valence-corrected chi connectivity index (χ2v) is 8.87. The van der Waals surface area contributed by atoms with Crippen molar-refractivity contribution in [3.8, 4) is 11.9 Å². The van der Waals surface area contributed by atoms with Crippen LogP contribution in [-0.2, 0) is 10.3 Å². The van der Waals surface area contributed by atoms with Gasteiger partial charge in [0, 0.05) is 43.3 Å². The van der Waals surface area contributed by atoms with E-state index in [1.54, 1.807) is 46.4 Å². The van der Waals surface area contributed by atoms with Crippen molar-refractivity contribution in [2.24, 2.45) is 0 Å². The Labute approximate surface area is 201 Å². The number of ether oxygens (including phenoxy) is 1. The zero-order valence-corrected chi connectivity index (χ0v) is 19.1. The Morgan fingerprint density at radius 1 is 1.18 bits per heavy atom. The molecule has 2 aromatic heterocycles. The molecule has 0 saturated carbocycles. The summed E-state index contributed by atoms with van der Waals surface area (Å²) < 4.78 is 6.86. The average molecular weight is 479 g/mol. The summed E-state index contributed by atoms with van der Waals surface area (Å²) in [5.41, 5.74) is 1.42. The first-order valence-corrected chi connectivity index (χ1v) is 11.4. The molecule has 174 valence electrons. The minimum Gasteiger partial charge on any atom is -0.383 e. The Kier molecular flexibility index (Phi) is 5.96.